The van der Waals surface area contributed by atoms with E-state index >= 15 is 0 Å². The zero-order valence-electron chi connectivity index (χ0n) is 11.5. The van der Waals surface area contributed by atoms with Crippen molar-refractivity contribution in [2.45, 2.75) is 32.4 Å². The first-order valence-electron chi connectivity index (χ1n) is 6.67. The van der Waals surface area contributed by atoms with E-state index < -0.39 is 17.9 Å². The Kier molecular flexibility index (Phi) is 4.34. The van der Waals surface area contributed by atoms with E-state index in [1.807, 2.05) is 6.92 Å². The summed E-state index contributed by atoms with van der Waals surface area (Å²) < 4.78 is 13.1. The van der Waals surface area contributed by atoms with E-state index in [-0.39, 0.29) is 11.8 Å². The van der Waals surface area contributed by atoms with Crippen molar-refractivity contribution < 1.29 is 14.0 Å². The number of halogens is 1. The molecule has 20 heavy (non-hydrogen) atoms. The molecule has 5 nitrogen and oxygen atoms in total. The van der Waals surface area contributed by atoms with Crippen LogP contribution >= 0.6 is 0 Å². The highest BCUT2D eigenvalue weighted by atomic mass is 19.1. The number of fused-ring (bicyclic) bond motifs is 1. The lowest BCUT2D eigenvalue weighted by molar-refractivity contribution is -0.123. The van der Waals surface area contributed by atoms with Crippen molar-refractivity contribution in [2.24, 2.45) is 0 Å². The molecule has 2 atom stereocenters. The molecule has 2 unspecified atom stereocenters. The molecule has 3 N–H and O–H groups in total. The van der Waals surface area contributed by atoms with Gasteiger partial charge in [0.15, 0.2) is 0 Å². The highest BCUT2D eigenvalue weighted by Crippen LogP contribution is 2.31. The van der Waals surface area contributed by atoms with Gasteiger partial charge in [-0.15, -0.1) is 0 Å². The number of hydrogen-bond acceptors (Lipinski definition) is 3. The first-order valence-corrected chi connectivity index (χ1v) is 6.67. The fourth-order valence-electron chi connectivity index (χ4n) is 2.13. The summed E-state index contributed by atoms with van der Waals surface area (Å²) in [7, 11) is 0. The van der Waals surface area contributed by atoms with Crippen molar-refractivity contribution in [1.82, 2.24) is 10.6 Å². The lowest BCUT2D eigenvalue weighted by atomic mass is 10.1. The molecular formula is C14H18FN3O2. The standard InChI is InChI=1S/C14H18FN3O2/c1-3-6-16-13(19)8(2)17-12-10-5-4-9(15)7-11(10)18-14(12)20/h4-5,7-8,12,17H,3,6H2,1-2H3,(H,16,19)(H,18,20). The number of benzene rings is 1. The molecule has 0 spiro atoms. The Labute approximate surface area is 116 Å². The number of carbonyl (C=O) groups excluding carboxylic acids is 2. The number of hydrogen-bond donors (Lipinski definition) is 3. The van der Waals surface area contributed by atoms with Crippen LogP contribution in [-0.4, -0.2) is 24.4 Å². The van der Waals surface area contributed by atoms with Crippen LogP contribution in [0.1, 0.15) is 31.9 Å². The molecule has 0 aromatic heterocycles. The average Bonchev–Trinajstić information content (AvgIpc) is 2.71. The molecule has 0 saturated heterocycles. The third kappa shape index (κ3) is 2.96. The van der Waals surface area contributed by atoms with E-state index in [1.165, 1.54) is 12.1 Å². The molecule has 1 aliphatic heterocycles. The Bertz CT molecular complexity index is 533. The second-order valence-electron chi connectivity index (χ2n) is 4.83. The molecular weight excluding hydrogens is 261 g/mol. The van der Waals surface area contributed by atoms with Crippen LogP contribution in [0.15, 0.2) is 18.2 Å². The Morgan fingerprint density at radius 3 is 2.95 bits per heavy atom. The van der Waals surface area contributed by atoms with Gasteiger partial charge in [-0.3, -0.25) is 14.9 Å². The zero-order valence-corrected chi connectivity index (χ0v) is 11.5. The van der Waals surface area contributed by atoms with Crippen LogP contribution in [0.2, 0.25) is 0 Å². The topological polar surface area (TPSA) is 70.2 Å². The van der Waals surface area contributed by atoms with Crippen LogP contribution in [0, 0.1) is 5.82 Å². The second kappa shape index (κ2) is 6.00. The largest absolute Gasteiger partial charge is 0.355 e. The van der Waals surface area contributed by atoms with Gasteiger partial charge in [-0.05, 0) is 25.5 Å². The van der Waals surface area contributed by atoms with Crippen LogP contribution < -0.4 is 16.0 Å². The van der Waals surface area contributed by atoms with Crippen molar-refractivity contribution in [1.29, 1.82) is 0 Å². The van der Waals surface area contributed by atoms with Gasteiger partial charge < -0.3 is 10.6 Å². The fraction of sp³-hybridized carbons (Fsp3) is 0.429. The molecule has 108 valence electrons. The third-order valence-electron chi connectivity index (χ3n) is 3.21. The quantitative estimate of drug-likeness (QED) is 0.761. The Hall–Kier alpha value is -1.95. The summed E-state index contributed by atoms with van der Waals surface area (Å²) >= 11 is 0. The summed E-state index contributed by atoms with van der Waals surface area (Å²) in [6.45, 7) is 4.26. The minimum atomic E-state index is -0.632. The molecule has 1 aromatic carbocycles. The van der Waals surface area contributed by atoms with E-state index in [4.69, 9.17) is 0 Å². The molecule has 2 amide bonds. The average molecular weight is 279 g/mol. The van der Waals surface area contributed by atoms with Gasteiger partial charge in [-0.1, -0.05) is 13.0 Å². The van der Waals surface area contributed by atoms with Crippen LogP contribution in [0.25, 0.3) is 0 Å². The lowest BCUT2D eigenvalue weighted by Crippen LogP contribution is -2.45. The predicted octanol–water partition coefficient (Wildman–Crippen LogP) is 1.32. The third-order valence-corrected chi connectivity index (χ3v) is 3.21. The van der Waals surface area contributed by atoms with Crippen molar-refractivity contribution in [3.05, 3.63) is 29.6 Å². The number of rotatable bonds is 5. The molecule has 6 heteroatoms. The maximum absolute atomic E-state index is 13.1. The maximum atomic E-state index is 13.1. The highest BCUT2D eigenvalue weighted by molar-refractivity contribution is 6.02. The van der Waals surface area contributed by atoms with Gasteiger partial charge in [0.05, 0.1) is 6.04 Å². The van der Waals surface area contributed by atoms with E-state index in [0.29, 0.717) is 17.8 Å². The molecule has 1 aliphatic rings. The normalized spacial score (nSPS) is 18.4. The SMILES string of the molecule is CCCNC(=O)C(C)NC1C(=O)Nc2cc(F)ccc21. The Morgan fingerprint density at radius 1 is 1.50 bits per heavy atom. The molecule has 0 aliphatic carbocycles. The number of nitrogens with one attached hydrogen (secondary N) is 3. The van der Waals surface area contributed by atoms with Gasteiger partial charge in [-0.25, -0.2) is 4.39 Å². The summed E-state index contributed by atoms with van der Waals surface area (Å²) in [6.07, 6.45) is 0.852. The Morgan fingerprint density at radius 2 is 2.25 bits per heavy atom. The van der Waals surface area contributed by atoms with Gasteiger partial charge in [0, 0.05) is 17.8 Å². The first kappa shape index (κ1) is 14.5. The molecule has 0 radical (unpaired) electrons. The van der Waals surface area contributed by atoms with Gasteiger partial charge in [0.1, 0.15) is 11.9 Å². The van der Waals surface area contributed by atoms with Crippen LogP contribution in [0.5, 0.6) is 0 Å². The molecule has 1 aromatic rings. The van der Waals surface area contributed by atoms with Gasteiger partial charge in [0.2, 0.25) is 11.8 Å². The van der Waals surface area contributed by atoms with Crippen molar-refractivity contribution in [3.8, 4) is 0 Å². The van der Waals surface area contributed by atoms with E-state index in [2.05, 4.69) is 16.0 Å². The molecule has 0 fully saturated rings. The van der Waals surface area contributed by atoms with Gasteiger partial charge in [0.25, 0.3) is 0 Å². The minimum absolute atomic E-state index is 0.157. The monoisotopic (exact) mass is 279 g/mol. The summed E-state index contributed by atoms with van der Waals surface area (Å²) in [5.74, 6) is -0.839. The zero-order chi connectivity index (χ0) is 14.7. The number of carbonyl (C=O) groups is 2. The fourth-order valence-corrected chi connectivity index (χ4v) is 2.13. The number of amides is 2. The lowest BCUT2D eigenvalue weighted by Gasteiger charge is -2.18. The highest BCUT2D eigenvalue weighted by Gasteiger charge is 2.32. The van der Waals surface area contributed by atoms with Gasteiger partial charge in [-0.2, -0.15) is 0 Å². The summed E-state index contributed by atoms with van der Waals surface area (Å²) in [6, 6.07) is 2.99. The Balaban J connectivity index is 2.07. The van der Waals surface area contributed by atoms with E-state index in [9.17, 15) is 14.0 Å². The molecule has 0 bridgehead atoms. The summed E-state index contributed by atoms with van der Waals surface area (Å²) in [5, 5.41) is 8.33. The van der Waals surface area contributed by atoms with E-state index in [1.54, 1.807) is 13.0 Å². The number of anilines is 1. The summed E-state index contributed by atoms with van der Waals surface area (Å²) in [4.78, 5) is 23.7. The van der Waals surface area contributed by atoms with Crippen LogP contribution in [-0.2, 0) is 9.59 Å². The first-order chi connectivity index (χ1) is 9.52. The van der Waals surface area contributed by atoms with E-state index in [0.717, 1.165) is 6.42 Å². The van der Waals surface area contributed by atoms with Crippen molar-refractivity contribution in [2.75, 3.05) is 11.9 Å². The maximum Gasteiger partial charge on any atom is 0.246 e. The van der Waals surface area contributed by atoms with Gasteiger partial charge >= 0.3 is 0 Å². The summed E-state index contributed by atoms with van der Waals surface area (Å²) in [5.41, 5.74) is 1.11. The molecule has 0 saturated carbocycles. The van der Waals surface area contributed by atoms with Crippen molar-refractivity contribution >= 4 is 17.5 Å². The van der Waals surface area contributed by atoms with Crippen molar-refractivity contribution in [3.63, 3.8) is 0 Å². The predicted molar refractivity (Wildman–Crippen MR) is 73.7 cm³/mol. The van der Waals surface area contributed by atoms with Crippen LogP contribution in [0.4, 0.5) is 10.1 Å². The second-order valence-corrected chi connectivity index (χ2v) is 4.83. The van der Waals surface area contributed by atoms with Crippen LogP contribution in [0.3, 0.4) is 0 Å². The molecule has 1 heterocycles. The molecule has 2 rings (SSSR count). The minimum Gasteiger partial charge on any atom is -0.355 e. The smallest absolute Gasteiger partial charge is 0.246 e.